The number of nitrogens with one attached hydrogen (secondary N) is 2. The Hall–Kier alpha value is -5.42. The van der Waals surface area contributed by atoms with E-state index in [1.807, 2.05) is 31.7 Å². The maximum absolute atomic E-state index is 11.3. The quantitative estimate of drug-likeness (QED) is 0.105. The highest BCUT2D eigenvalue weighted by Gasteiger charge is 2.32. The van der Waals surface area contributed by atoms with Crippen molar-refractivity contribution >= 4 is 66.2 Å². The lowest BCUT2D eigenvalue weighted by atomic mass is 9.92. The third kappa shape index (κ3) is 7.51. The van der Waals surface area contributed by atoms with E-state index >= 15 is 0 Å². The third-order valence-electron chi connectivity index (χ3n) is 13.9. The minimum absolute atomic E-state index is 0.248. The molecule has 16 heteroatoms. The molecular formula is C48H60N12O2S2. The van der Waals surface area contributed by atoms with Crippen molar-refractivity contribution in [3.63, 3.8) is 0 Å². The number of carbonyl (C=O) groups is 2. The van der Waals surface area contributed by atoms with Crippen LogP contribution in [-0.2, 0) is 9.59 Å². The fourth-order valence-electron chi connectivity index (χ4n) is 10.6. The maximum Gasteiger partial charge on any atom is 0.231 e. The van der Waals surface area contributed by atoms with Gasteiger partial charge in [-0.2, -0.15) is 10.2 Å². The Kier molecular flexibility index (Phi) is 11.5. The van der Waals surface area contributed by atoms with E-state index in [2.05, 4.69) is 122 Å². The number of carbonyl (C=O) groups excluding carboxylic acids is 2. The predicted molar refractivity (Wildman–Crippen MR) is 259 cm³/mol. The van der Waals surface area contributed by atoms with Crippen LogP contribution in [-0.4, -0.2) is 100 Å². The first kappa shape index (κ1) is 43.8. The van der Waals surface area contributed by atoms with E-state index < -0.39 is 0 Å². The van der Waals surface area contributed by atoms with Gasteiger partial charge in [0.25, 0.3) is 0 Å². The van der Waals surface area contributed by atoms with Crippen LogP contribution in [0.15, 0.2) is 25.0 Å². The first-order valence-corrected chi connectivity index (χ1v) is 24.1. The number of hydrogen-bond acceptors (Lipinski definition) is 10. The van der Waals surface area contributed by atoms with Crippen LogP contribution in [0, 0.1) is 41.5 Å². The van der Waals surface area contributed by atoms with Crippen LogP contribution in [0.3, 0.4) is 0 Å². The Balaban J connectivity index is 0.000000162. The van der Waals surface area contributed by atoms with Gasteiger partial charge in [-0.05, 0) is 124 Å². The number of H-pyrrole nitrogens is 2. The van der Waals surface area contributed by atoms with E-state index in [1.165, 1.54) is 86.1 Å². The molecule has 0 spiro atoms. The van der Waals surface area contributed by atoms with Crippen molar-refractivity contribution in [2.45, 2.75) is 106 Å². The third-order valence-corrected chi connectivity index (χ3v) is 16.7. The summed E-state index contributed by atoms with van der Waals surface area (Å²) in [5.41, 5.74) is 27.7. The second-order valence-corrected chi connectivity index (χ2v) is 20.8. The zero-order valence-electron chi connectivity index (χ0n) is 38.6. The molecule has 0 aliphatic carbocycles. The summed E-state index contributed by atoms with van der Waals surface area (Å²) in [5, 5.41) is 11.5. The molecule has 14 nitrogen and oxygen atoms in total. The van der Waals surface area contributed by atoms with Crippen molar-refractivity contribution in [2.24, 2.45) is 11.5 Å². The Labute approximate surface area is 381 Å². The summed E-state index contributed by atoms with van der Waals surface area (Å²) in [6, 6.07) is 0. The molecule has 64 heavy (non-hydrogen) atoms. The molecule has 0 unspecified atom stereocenters. The highest BCUT2D eigenvalue weighted by molar-refractivity contribution is 7.19. The standard InChI is InChI=1S/2C24H30N6OS/c2*1-12(2)19-20-15(5)22(16-6-7-29(8-16)10-18(25)31)32-24(20)28-21(19)17-9-30-23(26-11-27-30)14(4)13(17)3/h2*9,11-12,16,28H,6-8,10H2,1-5H3,(H2,25,31)/t2*16-/m10/s1. The summed E-state index contributed by atoms with van der Waals surface area (Å²) in [6.45, 7) is 26.5. The number of likely N-dealkylation sites (tertiary alicyclic amines) is 2. The largest absolute Gasteiger partial charge is 0.369 e. The van der Waals surface area contributed by atoms with Gasteiger partial charge in [0.1, 0.15) is 22.3 Å². The highest BCUT2D eigenvalue weighted by atomic mass is 32.1. The molecular weight excluding hydrogens is 841 g/mol. The fourth-order valence-corrected chi connectivity index (χ4v) is 13.3. The van der Waals surface area contributed by atoms with Crippen LogP contribution in [0.5, 0.6) is 0 Å². The number of primary amides is 2. The number of rotatable bonds is 10. The molecule has 2 amide bonds. The lowest BCUT2D eigenvalue weighted by Crippen LogP contribution is -2.31. The molecule has 2 fully saturated rings. The molecule has 6 N–H and O–H groups in total. The number of aryl methyl sites for hydroxylation is 4. The molecule has 8 aromatic heterocycles. The highest BCUT2D eigenvalue weighted by Crippen LogP contribution is 2.48. The summed E-state index contributed by atoms with van der Waals surface area (Å²) < 4.78 is 3.75. The van der Waals surface area contributed by atoms with Crippen molar-refractivity contribution < 1.29 is 9.59 Å². The van der Waals surface area contributed by atoms with Crippen molar-refractivity contribution in [1.82, 2.24) is 49.0 Å². The van der Waals surface area contributed by atoms with Crippen LogP contribution < -0.4 is 11.5 Å². The van der Waals surface area contributed by atoms with Crippen molar-refractivity contribution in [3.8, 4) is 22.5 Å². The van der Waals surface area contributed by atoms with Gasteiger partial charge >= 0.3 is 0 Å². The molecule has 2 aliphatic rings. The number of aromatic nitrogens is 8. The minimum Gasteiger partial charge on any atom is -0.369 e. The molecule has 10 heterocycles. The first-order valence-electron chi connectivity index (χ1n) is 22.4. The van der Waals surface area contributed by atoms with E-state index in [4.69, 9.17) is 11.5 Å². The number of fused-ring (bicyclic) bond motifs is 4. The Morgan fingerprint density at radius 1 is 0.641 bits per heavy atom. The van der Waals surface area contributed by atoms with Gasteiger partial charge in [-0.1, -0.05) is 27.7 Å². The van der Waals surface area contributed by atoms with Gasteiger partial charge in [-0.3, -0.25) is 19.4 Å². The maximum atomic E-state index is 11.3. The van der Waals surface area contributed by atoms with Gasteiger partial charge in [0.05, 0.1) is 24.5 Å². The predicted octanol–water partition coefficient (Wildman–Crippen LogP) is 8.52. The molecule has 336 valence electrons. The SMILES string of the molecule is Cc1c(-c2[nH]c3sc([C@@H]4CCN(CC(N)=O)C4)c(C)c3c2C(C)C)cn2ncnc2c1C.Cc1c(-c2[nH]c3sc([C@H]4CCN(CC(N)=O)C4)c(C)c3c2C(C)C)cn2ncnc2c1C. The van der Waals surface area contributed by atoms with Gasteiger partial charge in [0.15, 0.2) is 11.3 Å². The molecule has 10 rings (SSSR count). The van der Waals surface area contributed by atoms with Crippen LogP contribution in [0.2, 0.25) is 0 Å². The topological polar surface area (TPSA) is 185 Å². The monoisotopic (exact) mass is 900 g/mol. The smallest absolute Gasteiger partial charge is 0.231 e. The first-order chi connectivity index (χ1) is 30.5. The summed E-state index contributed by atoms with van der Waals surface area (Å²) in [5.74, 6) is 1.17. The molecule has 0 aromatic carbocycles. The van der Waals surface area contributed by atoms with Crippen LogP contribution in [0.1, 0.15) is 118 Å². The van der Waals surface area contributed by atoms with Crippen LogP contribution in [0.4, 0.5) is 0 Å². The molecule has 2 aliphatic heterocycles. The van der Waals surface area contributed by atoms with E-state index in [-0.39, 0.29) is 11.8 Å². The van der Waals surface area contributed by atoms with Gasteiger partial charge in [-0.25, -0.2) is 19.0 Å². The van der Waals surface area contributed by atoms with Crippen molar-refractivity contribution in [2.75, 3.05) is 39.3 Å². The summed E-state index contributed by atoms with van der Waals surface area (Å²) >= 11 is 3.74. The minimum atomic E-state index is -0.248. The zero-order chi connectivity index (χ0) is 45.5. The number of thiophene rings is 2. The van der Waals surface area contributed by atoms with E-state index in [0.29, 0.717) is 36.8 Å². The van der Waals surface area contributed by atoms with E-state index in [0.717, 1.165) is 61.4 Å². The van der Waals surface area contributed by atoms with Gasteiger partial charge in [0.2, 0.25) is 11.8 Å². The Bertz CT molecular complexity index is 2890. The van der Waals surface area contributed by atoms with Crippen LogP contribution in [0.25, 0.3) is 54.2 Å². The number of nitrogens with zero attached hydrogens (tertiary/aromatic N) is 8. The molecule has 8 aromatic rings. The fraction of sp³-hybridized carbons (Fsp3) is 0.458. The van der Waals surface area contributed by atoms with Crippen molar-refractivity contribution in [3.05, 3.63) is 79.3 Å². The Morgan fingerprint density at radius 3 is 1.39 bits per heavy atom. The number of amides is 2. The molecule has 2 saturated heterocycles. The Morgan fingerprint density at radius 2 is 1.03 bits per heavy atom. The summed E-state index contributed by atoms with van der Waals surface area (Å²) in [7, 11) is 0. The van der Waals surface area contributed by atoms with Gasteiger partial charge in [0, 0.05) is 69.0 Å². The van der Waals surface area contributed by atoms with Gasteiger partial charge < -0.3 is 21.4 Å². The second kappa shape index (κ2) is 16.9. The zero-order valence-corrected chi connectivity index (χ0v) is 40.3. The number of aromatic amines is 2. The lowest BCUT2D eigenvalue weighted by molar-refractivity contribution is -0.119. The average molecular weight is 901 g/mol. The van der Waals surface area contributed by atoms with Crippen molar-refractivity contribution in [1.29, 1.82) is 0 Å². The summed E-state index contributed by atoms with van der Waals surface area (Å²) in [4.78, 5) is 48.8. The number of hydrogen-bond donors (Lipinski definition) is 4. The summed E-state index contributed by atoms with van der Waals surface area (Å²) in [6.07, 6.45) is 9.57. The number of nitrogens with two attached hydrogens (primary N) is 2. The average Bonchev–Trinajstić information content (AvgIpc) is 4.09. The normalized spacial score (nSPS) is 17.4. The van der Waals surface area contributed by atoms with Crippen LogP contribution >= 0.6 is 22.7 Å². The van der Waals surface area contributed by atoms with Gasteiger partial charge in [-0.15, -0.1) is 22.7 Å². The molecule has 2 atom stereocenters. The van der Waals surface area contributed by atoms with E-state index in [9.17, 15) is 9.59 Å². The molecule has 0 bridgehead atoms. The molecule has 0 saturated carbocycles. The second-order valence-electron chi connectivity index (χ2n) is 18.7. The molecule has 0 radical (unpaired) electrons. The number of pyridine rings is 2. The lowest BCUT2D eigenvalue weighted by Gasteiger charge is -2.15. The van der Waals surface area contributed by atoms with E-state index in [1.54, 1.807) is 12.7 Å².